The number of nitrogens with zero attached hydrogens (tertiary/aromatic N) is 1. The van der Waals surface area contributed by atoms with E-state index in [1.54, 1.807) is 38.3 Å². The smallest absolute Gasteiger partial charge is 0.262 e. The van der Waals surface area contributed by atoms with Crippen LogP contribution in [0.5, 0.6) is 17.2 Å². The van der Waals surface area contributed by atoms with E-state index >= 15 is 0 Å². The van der Waals surface area contributed by atoms with Crippen LogP contribution in [0.2, 0.25) is 0 Å². The predicted molar refractivity (Wildman–Crippen MR) is 124 cm³/mol. The zero-order valence-corrected chi connectivity index (χ0v) is 20.0. The van der Waals surface area contributed by atoms with Crippen molar-refractivity contribution >= 4 is 27.5 Å². The molecule has 2 aliphatic rings. The molecule has 0 saturated carbocycles. The van der Waals surface area contributed by atoms with Crippen LogP contribution in [0.4, 0.5) is 5.69 Å². The van der Waals surface area contributed by atoms with Gasteiger partial charge in [-0.15, -0.1) is 0 Å². The number of rotatable bonds is 7. The number of fused-ring (bicyclic) bond motifs is 1. The number of amides is 2. The van der Waals surface area contributed by atoms with Gasteiger partial charge in [0.2, 0.25) is 15.9 Å². The number of methoxy groups -OCH3 is 2. The first-order valence-electron chi connectivity index (χ1n) is 10.8. The van der Waals surface area contributed by atoms with Gasteiger partial charge in [-0.2, -0.15) is 4.31 Å². The lowest BCUT2D eigenvalue weighted by atomic mass is 10.1. The first-order chi connectivity index (χ1) is 16.2. The maximum atomic E-state index is 13.5. The molecule has 4 rings (SSSR count). The van der Waals surface area contributed by atoms with Crippen LogP contribution in [-0.2, 0) is 26.2 Å². The van der Waals surface area contributed by atoms with Crippen LogP contribution < -0.4 is 24.8 Å². The molecular formula is C23H27N3O7S. The van der Waals surface area contributed by atoms with E-state index in [2.05, 4.69) is 10.6 Å². The number of carbonyl (C=O) groups excluding carboxylic acids is 2. The highest BCUT2D eigenvalue weighted by molar-refractivity contribution is 7.89. The molecule has 0 aliphatic carbocycles. The van der Waals surface area contributed by atoms with E-state index < -0.39 is 16.1 Å². The Morgan fingerprint density at radius 3 is 2.76 bits per heavy atom. The average Bonchev–Trinajstić information content (AvgIpc) is 3.33. The van der Waals surface area contributed by atoms with Gasteiger partial charge >= 0.3 is 0 Å². The average molecular weight is 490 g/mol. The monoisotopic (exact) mass is 489 g/mol. The summed E-state index contributed by atoms with van der Waals surface area (Å²) in [5.74, 6) is 0.816. The lowest BCUT2D eigenvalue weighted by Crippen LogP contribution is -2.45. The Morgan fingerprint density at radius 1 is 1.24 bits per heavy atom. The summed E-state index contributed by atoms with van der Waals surface area (Å²) in [6, 6.07) is 7.41. The molecule has 1 atom stereocenters. The number of aryl methyl sites for hydroxylation is 1. The van der Waals surface area contributed by atoms with Crippen molar-refractivity contribution in [3.63, 3.8) is 0 Å². The Bertz CT molecular complexity index is 1230. The number of nitrogens with one attached hydrogen (secondary N) is 2. The predicted octanol–water partition coefficient (Wildman–Crippen LogP) is 1.81. The van der Waals surface area contributed by atoms with E-state index in [4.69, 9.17) is 14.2 Å². The summed E-state index contributed by atoms with van der Waals surface area (Å²) in [7, 11) is -0.897. The van der Waals surface area contributed by atoms with Crippen molar-refractivity contribution in [1.82, 2.24) is 9.62 Å². The minimum Gasteiger partial charge on any atom is -0.497 e. The first-order valence-corrected chi connectivity index (χ1v) is 12.3. The van der Waals surface area contributed by atoms with Crippen molar-refractivity contribution in [1.29, 1.82) is 0 Å². The number of anilines is 1. The maximum Gasteiger partial charge on any atom is 0.262 e. The van der Waals surface area contributed by atoms with Crippen LogP contribution in [0, 0.1) is 6.92 Å². The van der Waals surface area contributed by atoms with Crippen molar-refractivity contribution in [2.45, 2.75) is 37.2 Å². The summed E-state index contributed by atoms with van der Waals surface area (Å²) in [5.41, 5.74) is 1.60. The number of hydrogen-bond acceptors (Lipinski definition) is 7. The van der Waals surface area contributed by atoms with E-state index in [9.17, 15) is 18.0 Å². The molecule has 1 unspecified atom stereocenters. The van der Waals surface area contributed by atoms with Gasteiger partial charge in [-0.25, -0.2) is 8.42 Å². The van der Waals surface area contributed by atoms with Crippen LogP contribution >= 0.6 is 0 Å². The second-order valence-corrected chi connectivity index (χ2v) is 9.98. The van der Waals surface area contributed by atoms with Gasteiger partial charge in [-0.1, -0.05) is 0 Å². The molecule has 2 heterocycles. The molecule has 0 bridgehead atoms. The Kier molecular flexibility index (Phi) is 6.67. The van der Waals surface area contributed by atoms with Gasteiger partial charge < -0.3 is 24.8 Å². The molecule has 34 heavy (non-hydrogen) atoms. The summed E-state index contributed by atoms with van der Waals surface area (Å²) >= 11 is 0. The Balaban J connectivity index is 1.54. The molecule has 0 radical (unpaired) electrons. The third kappa shape index (κ3) is 4.53. The lowest BCUT2D eigenvalue weighted by molar-refractivity contribution is -0.124. The minimum absolute atomic E-state index is 0.0524. The Hall–Kier alpha value is -3.31. The summed E-state index contributed by atoms with van der Waals surface area (Å²) < 4.78 is 44.3. The van der Waals surface area contributed by atoms with Crippen LogP contribution in [0.15, 0.2) is 35.2 Å². The van der Waals surface area contributed by atoms with Crippen molar-refractivity contribution in [3.05, 3.63) is 41.5 Å². The number of carbonyl (C=O) groups is 2. The van der Waals surface area contributed by atoms with Crippen molar-refractivity contribution < 1.29 is 32.2 Å². The lowest BCUT2D eigenvalue weighted by Gasteiger charge is -2.26. The van der Waals surface area contributed by atoms with Crippen molar-refractivity contribution in [3.8, 4) is 17.2 Å². The van der Waals surface area contributed by atoms with Crippen molar-refractivity contribution in [2.24, 2.45) is 0 Å². The highest BCUT2D eigenvalue weighted by Gasteiger charge is 2.40. The third-order valence-corrected chi connectivity index (χ3v) is 7.99. The first kappa shape index (κ1) is 23.8. The fourth-order valence-corrected chi connectivity index (χ4v) is 6.11. The topological polar surface area (TPSA) is 123 Å². The summed E-state index contributed by atoms with van der Waals surface area (Å²) in [4.78, 5) is 24.7. The number of hydrogen-bond donors (Lipinski definition) is 2. The van der Waals surface area contributed by atoms with Gasteiger partial charge in [0.15, 0.2) is 6.61 Å². The molecule has 0 aromatic heterocycles. The number of benzene rings is 2. The third-order valence-electron chi connectivity index (χ3n) is 5.94. The molecule has 10 nitrogen and oxygen atoms in total. The van der Waals surface area contributed by atoms with Crippen molar-refractivity contribution in [2.75, 3.05) is 32.7 Å². The molecule has 2 aromatic rings. The fraction of sp³-hybridized carbons (Fsp3) is 0.391. The summed E-state index contributed by atoms with van der Waals surface area (Å²) in [6.45, 7) is 1.86. The highest BCUT2D eigenvalue weighted by atomic mass is 32.2. The number of ether oxygens (including phenoxy) is 3. The van der Waals surface area contributed by atoms with Crippen LogP contribution in [-0.4, -0.2) is 58.0 Å². The summed E-state index contributed by atoms with van der Waals surface area (Å²) in [5, 5.41) is 5.51. The highest BCUT2D eigenvalue weighted by Crippen LogP contribution is 2.36. The van der Waals surface area contributed by atoms with Gasteiger partial charge in [0, 0.05) is 24.7 Å². The van der Waals surface area contributed by atoms with E-state index in [1.807, 2.05) is 0 Å². The van der Waals surface area contributed by atoms with Gasteiger partial charge in [-0.3, -0.25) is 9.59 Å². The molecule has 0 spiro atoms. The molecule has 2 aromatic carbocycles. The molecule has 2 N–H and O–H groups in total. The second kappa shape index (κ2) is 9.51. The molecule has 2 aliphatic heterocycles. The molecular weight excluding hydrogens is 462 g/mol. The SMILES string of the molecule is COc1ccc(OC)c(CNC(=O)C2CCCN2S(=O)(=O)c2cc3c(cc2C)NC(=O)CO3)c1. The largest absolute Gasteiger partial charge is 0.497 e. The van der Waals surface area contributed by atoms with E-state index in [-0.39, 0.29) is 42.2 Å². The Morgan fingerprint density at radius 2 is 2.03 bits per heavy atom. The molecule has 11 heteroatoms. The quantitative estimate of drug-likeness (QED) is 0.608. The number of sulfonamides is 1. The fourth-order valence-electron chi connectivity index (χ4n) is 4.23. The van der Waals surface area contributed by atoms with E-state index in [1.165, 1.54) is 17.5 Å². The standard InChI is InChI=1S/C23H27N3O7S/c1-14-9-17-20(33-13-22(27)25-17)11-21(14)34(29,30)26-8-4-5-18(26)23(28)24-12-15-10-16(31-2)6-7-19(15)32-3/h6-7,9-11,18H,4-5,8,12-13H2,1-3H3,(H,24,28)(H,25,27). The van der Waals surface area contributed by atoms with E-state index in [0.717, 1.165) is 0 Å². The Labute approximate surface area is 198 Å². The maximum absolute atomic E-state index is 13.5. The van der Waals surface area contributed by atoms with Gasteiger partial charge in [0.25, 0.3) is 5.91 Å². The zero-order chi connectivity index (χ0) is 24.5. The molecule has 1 fully saturated rings. The molecule has 182 valence electrons. The van der Waals surface area contributed by atoms with Gasteiger partial charge in [0.05, 0.1) is 24.8 Å². The van der Waals surface area contributed by atoms with Gasteiger partial charge in [-0.05, 0) is 49.6 Å². The van der Waals surface area contributed by atoms with Crippen LogP contribution in [0.25, 0.3) is 0 Å². The van der Waals surface area contributed by atoms with Crippen LogP contribution in [0.3, 0.4) is 0 Å². The van der Waals surface area contributed by atoms with E-state index in [0.29, 0.717) is 41.2 Å². The second-order valence-electron chi connectivity index (χ2n) is 8.12. The normalized spacial score (nSPS) is 18.0. The minimum atomic E-state index is -3.98. The zero-order valence-electron chi connectivity index (χ0n) is 19.2. The molecule has 1 saturated heterocycles. The molecule has 2 amide bonds. The summed E-state index contributed by atoms with van der Waals surface area (Å²) in [6.07, 6.45) is 0.979. The van der Waals surface area contributed by atoms with Gasteiger partial charge in [0.1, 0.15) is 23.3 Å². The van der Waals surface area contributed by atoms with Crippen LogP contribution in [0.1, 0.15) is 24.0 Å².